The lowest BCUT2D eigenvalue weighted by Crippen LogP contribution is -2.03. The number of hydrogen-bond donors (Lipinski definition) is 0. The van der Waals surface area contributed by atoms with Crippen molar-refractivity contribution in [3.63, 3.8) is 0 Å². The van der Waals surface area contributed by atoms with Crippen molar-refractivity contribution in [1.29, 1.82) is 0 Å². The Kier molecular flexibility index (Phi) is 5.43. The quantitative estimate of drug-likeness (QED) is 0.588. The van der Waals surface area contributed by atoms with Crippen LogP contribution >= 0.6 is 11.6 Å². The molecule has 2 aromatic rings. The standard InChI is InChI=1S/C19H15ClO6/c1-23-19(22)14-5-2-12(3-6-14)10-24-17(21)7-4-13-8-15(20)18-16(9-13)25-11-26-18/h2-9H,10-11H2,1H3/b7-4+. The van der Waals surface area contributed by atoms with Crippen LogP contribution in [0.4, 0.5) is 0 Å². The molecule has 0 saturated carbocycles. The maximum atomic E-state index is 11.9. The molecule has 0 amide bonds. The van der Waals surface area contributed by atoms with Crippen molar-refractivity contribution in [2.24, 2.45) is 0 Å². The molecule has 0 N–H and O–H groups in total. The number of benzene rings is 2. The van der Waals surface area contributed by atoms with Gasteiger partial charge in [0.25, 0.3) is 0 Å². The Labute approximate surface area is 154 Å². The Morgan fingerprint density at radius 3 is 2.69 bits per heavy atom. The molecular weight excluding hydrogens is 360 g/mol. The molecule has 0 bridgehead atoms. The fourth-order valence-electron chi connectivity index (χ4n) is 2.31. The van der Waals surface area contributed by atoms with Gasteiger partial charge < -0.3 is 18.9 Å². The second-order valence-corrected chi connectivity index (χ2v) is 5.77. The lowest BCUT2D eigenvalue weighted by molar-refractivity contribution is -0.138. The van der Waals surface area contributed by atoms with Crippen LogP contribution in [0.2, 0.25) is 5.02 Å². The molecule has 1 aliphatic heterocycles. The van der Waals surface area contributed by atoms with Gasteiger partial charge in [-0.15, -0.1) is 0 Å². The van der Waals surface area contributed by atoms with Gasteiger partial charge in [-0.3, -0.25) is 0 Å². The average Bonchev–Trinajstić information content (AvgIpc) is 3.13. The molecule has 26 heavy (non-hydrogen) atoms. The summed E-state index contributed by atoms with van der Waals surface area (Å²) >= 11 is 6.09. The predicted octanol–water partition coefficient (Wildman–Crippen LogP) is 3.61. The van der Waals surface area contributed by atoms with Crippen LogP contribution in [0.1, 0.15) is 21.5 Å². The summed E-state index contributed by atoms with van der Waals surface area (Å²) in [6.45, 7) is 0.214. The summed E-state index contributed by atoms with van der Waals surface area (Å²) < 4.78 is 20.3. The molecule has 1 heterocycles. The summed E-state index contributed by atoms with van der Waals surface area (Å²) in [5, 5.41) is 0.415. The first kappa shape index (κ1) is 17.8. The molecule has 7 heteroatoms. The van der Waals surface area contributed by atoms with Gasteiger partial charge in [0, 0.05) is 6.08 Å². The molecule has 134 valence electrons. The Morgan fingerprint density at radius 1 is 1.19 bits per heavy atom. The highest BCUT2D eigenvalue weighted by molar-refractivity contribution is 6.32. The highest BCUT2D eigenvalue weighted by Crippen LogP contribution is 2.40. The second-order valence-electron chi connectivity index (χ2n) is 5.37. The molecule has 0 radical (unpaired) electrons. The van der Waals surface area contributed by atoms with E-state index in [1.807, 2.05) is 0 Å². The number of halogens is 1. The first-order chi connectivity index (χ1) is 12.6. The third kappa shape index (κ3) is 4.15. The molecule has 6 nitrogen and oxygen atoms in total. The van der Waals surface area contributed by atoms with E-state index in [1.165, 1.54) is 13.2 Å². The highest BCUT2D eigenvalue weighted by atomic mass is 35.5. The number of esters is 2. The Morgan fingerprint density at radius 2 is 1.96 bits per heavy atom. The predicted molar refractivity (Wildman–Crippen MR) is 94.2 cm³/mol. The molecule has 0 aliphatic carbocycles. The van der Waals surface area contributed by atoms with E-state index in [9.17, 15) is 9.59 Å². The molecule has 0 fully saturated rings. The first-order valence-electron chi connectivity index (χ1n) is 7.68. The first-order valence-corrected chi connectivity index (χ1v) is 8.06. The van der Waals surface area contributed by atoms with Gasteiger partial charge in [-0.2, -0.15) is 0 Å². The van der Waals surface area contributed by atoms with Gasteiger partial charge in [0.05, 0.1) is 17.7 Å². The van der Waals surface area contributed by atoms with Crippen LogP contribution < -0.4 is 9.47 Å². The fourth-order valence-corrected chi connectivity index (χ4v) is 2.58. The van der Waals surface area contributed by atoms with Crippen molar-refractivity contribution >= 4 is 29.6 Å². The minimum Gasteiger partial charge on any atom is -0.465 e. The van der Waals surface area contributed by atoms with E-state index in [1.54, 1.807) is 42.5 Å². The minimum absolute atomic E-state index is 0.0898. The Bertz CT molecular complexity index is 857. The van der Waals surface area contributed by atoms with Crippen LogP contribution in [0.25, 0.3) is 6.08 Å². The number of ether oxygens (including phenoxy) is 4. The number of hydrogen-bond acceptors (Lipinski definition) is 6. The van der Waals surface area contributed by atoms with Crippen LogP contribution in [0.5, 0.6) is 11.5 Å². The van der Waals surface area contributed by atoms with Gasteiger partial charge in [-0.05, 0) is 41.5 Å². The van der Waals surface area contributed by atoms with E-state index >= 15 is 0 Å². The summed E-state index contributed by atoms with van der Waals surface area (Å²) in [6.07, 6.45) is 2.88. The number of carbonyl (C=O) groups is 2. The number of fused-ring (bicyclic) bond motifs is 1. The summed E-state index contributed by atoms with van der Waals surface area (Å²) in [5.41, 5.74) is 1.88. The fraction of sp³-hybridized carbons (Fsp3) is 0.158. The normalized spacial score (nSPS) is 12.2. The molecule has 0 spiro atoms. The third-order valence-electron chi connectivity index (χ3n) is 3.62. The van der Waals surface area contributed by atoms with Crippen molar-refractivity contribution in [2.45, 2.75) is 6.61 Å². The zero-order chi connectivity index (χ0) is 18.5. The SMILES string of the molecule is COC(=O)c1ccc(COC(=O)/C=C/c2cc(Cl)c3c(c2)OCO3)cc1. The van der Waals surface area contributed by atoms with Crippen molar-refractivity contribution in [1.82, 2.24) is 0 Å². The Hall–Kier alpha value is -2.99. The molecule has 3 rings (SSSR count). The molecule has 2 aromatic carbocycles. The van der Waals surface area contributed by atoms with Gasteiger partial charge in [0.2, 0.25) is 6.79 Å². The van der Waals surface area contributed by atoms with Crippen molar-refractivity contribution in [3.8, 4) is 11.5 Å². The minimum atomic E-state index is -0.504. The maximum absolute atomic E-state index is 11.9. The van der Waals surface area contributed by atoms with Crippen molar-refractivity contribution in [2.75, 3.05) is 13.9 Å². The van der Waals surface area contributed by atoms with Crippen LogP contribution in [-0.4, -0.2) is 25.8 Å². The Balaban J connectivity index is 1.56. The summed E-state index contributed by atoms with van der Waals surface area (Å²) in [6, 6.07) is 10.0. The third-order valence-corrected chi connectivity index (χ3v) is 3.90. The van der Waals surface area contributed by atoms with E-state index in [-0.39, 0.29) is 13.4 Å². The molecule has 0 atom stereocenters. The molecular formula is C19H15ClO6. The van der Waals surface area contributed by atoms with Gasteiger partial charge >= 0.3 is 11.9 Å². The van der Waals surface area contributed by atoms with Crippen LogP contribution in [0, 0.1) is 0 Å². The number of rotatable bonds is 5. The van der Waals surface area contributed by atoms with E-state index < -0.39 is 11.9 Å². The van der Waals surface area contributed by atoms with Gasteiger partial charge in [0.1, 0.15) is 6.61 Å². The largest absolute Gasteiger partial charge is 0.465 e. The maximum Gasteiger partial charge on any atom is 0.337 e. The monoisotopic (exact) mass is 374 g/mol. The second kappa shape index (κ2) is 7.93. The summed E-state index contributed by atoms with van der Waals surface area (Å²) in [4.78, 5) is 23.2. The topological polar surface area (TPSA) is 71.1 Å². The van der Waals surface area contributed by atoms with E-state index in [4.69, 9.17) is 25.8 Å². The van der Waals surface area contributed by atoms with E-state index in [0.29, 0.717) is 27.6 Å². The zero-order valence-corrected chi connectivity index (χ0v) is 14.6. The van der Waals surface area contributed by atoms with E-state index in [0.717, 1.165) is 5.56 Å². The molecule has 0 aromatic heterocycles. The number of methoxy groups -OCH3 is 1. The summed E-state index contributed by atoms with van der Waals surface area (Å²) in [7, 11) is 1.32. The molecule has 0 unspecified atom stereocenters. The zero-order valence-electron chi connectivity index (χ0n) is 13.9. The van der Waals surface area contributed by atoms with E-state index in [2.05, 4.69) is 4.74 Å². The van der Waals surface area contributed by atoms with Crippen LogP contribution in [-0.2, 0) is 20.9 Å². The van der Waals surface area contributed by atoms with Crippen molar-refractivity contribution in [3.05, 3.63) is 64.2 Å². The average molecular weight is 375 g/mol. The number of carbonyl (C=O) groups excluding carboxylic acids is 2. The van der Waals surface area contributed by atoms with Crippen LogP contribution in [0.15, 0.2) is 42.5 Å². The highest BCUT2D eigenvalue weighted by Gasteiger charge is 2.17. The molecule has 0 saturated heterocycles. The molecule has 1 aliphatic rings. The van der Waals surface area contributed by atoms with Gasteiger partial charge in [-0.1, -0.05) is 23.7 Å². The lowest BCUT2D eigenvalue weighted by Gasteiger charge is -2.04. The van der Waals surface area contributed by atoms with Gasteiger partial charge in [0.15, 0.2) is 11.5 Å². The van der Waals surface area contributed by atoms with Gasteiger partial charge in [-0.25, -0.2) is 9.59 Å². The smallest absolute Gasteiger partial charge is 0.337 e. The lowest BCUT2D eigenvalue weighted by atomic mass is 10.1. The van der Waals surface area contributed by atoms with Crippen LogP contribution in [0.3, 0.4) is 0 Å². The van der Waals surface area contributed by atoms with Crippen molar-refractivity contribution < 1.29 is 28.5 Å². The summed E-state index contributed by atoms with van der Waals surface area (Å²) in [5.74, 6) is 0.118.